The molecule has 1 radical (unpaired) electrons. The van der Waals surface area contributed by atoms with Gasteiger partial charge in [-0.3, -0.25) is 0 Å². The maximum atomic E-state index is 7.01. The Morgan fingerprint density at radius 2 is 1.04 bits per heavy atom. The van der Waals surface area contributed by atoms with Crippen LogP contribution in [0.25, 0.3) is 21.5 Å². The molecule has 0 aliphatic heterocycles. The van der Waals surface area contributed by atoms with E-state index in [1.54, 1.807) is 0 Å². The Hall–Kier alpha value is -2.64. The summed E-state index contributed by atoms with van der Waals surface area (Å²) in [5.41, 5.74) is 8.65. The molecule has 0 aliphatic rings. The summed E-state index contributed by atoms with van der Waals surface area (Å²) in [5.74, 6) is 0. The molecule has 0 saturated heterocycles. The smallest absolute Gasteiger partial charge is 0.0677 e. The second kappa shape index (κ2) is 5.77. The van der Waals surface area contributed by atoms with Gasteiger partial charge in [0.25, 0.3) is 0 Å². The van der Waals surface area contributed by atoms with Crippen molar-refractivity contribution in [3.63, 3.8) is 0 Å². The molecule has 0 fully saturated rings. The van der Waals surface area contributed by atoms with Gasteiger partial charge in [0, 0.05) is 0 Å². The maximum absolute atomic E-state index is 7.01. The molecule has 0 amide bonds. The second-order valence-corrected chi connectivity index (χ2v) is 6.27. The fraction of sp³-hybridized carbons (Fsp3) is 0.0870. The molecule has 0 atom stereocenters. The van der Waals surface area contributed by atoms with Crippen molar-refractivity contribution < 1.29 is 0 Å². The van der Waals surface area contributed by atoms with Gasteiger partial charge >= 0.3 is 0 Å². The Bertz CT molecular complexity index is 927. The Labute approximate surface area is 142 Å². The van der Waals surface area contributed by atoms with Gasteiger partial charge in [0.05, 0.1) is 5.54 Å². The summed E-state index contributed by atoms with van der Waals surface area (Å²) in [6.45, 7) is 4.20. The number of benzene rings is 4. The molecule has 1 nitrogen and oxygen atoms in total. The first-order valence-electron chi connectivity index (χ1n) is 8.28. The number of hydrogen-bond donors (Lipinski definition) is 1. The van der Waals surface area contributed by atoms with E-state index in [-0.39, 0.29) is 0 Å². The normalized spacial score (nSPS) is 11.9. The topological polar surface area (TPSA) is 26.0 Å². The molecule has 0 aliphatic carbocycles. The molecule has 1 heteroatoms. The second-order valence-electron chi connectivity index (χ2n) is 6.27. The van der Waals surface area contributed by atoms with E-state index in [4.69, 9.17) is 5.73 Å². The van der Waals surface area contributed by atoms with Gasteiger partial charge < -0.3 is 5.73 Å². The highest BCUT2D eigenvalue weighted by atomic mass is 14.7. The predicted molar refractivity (Wildman–Crippen MR) is 103 cm³/mol. The molecule has 0 aromatic heterocycles. The van der Waals surface area contributed by atoms with Gasteiger partial charge in [0.1, 0.15) is 0 Å². The van der Waals surface area contributed by atoms with Gasteiger partial charge in [-0.2, -0.15) is 0 Å². The third-order valence-corrected chi connectivity index (χ3v) is 4.93. The molecule has 0 spiro atoms. The van der Waals surface area contributed by atoms with E-state index in [2.05, 4.69) is 91.9 Å². The molecule has 117 valence electrons. The molecule has 4 aromatic rings. The van der Waals surface area contributed by atoms with Gasteiger partial charge in [-0.25, -0.2) is 0 Å². The van der Waals surface area contributed by atoms with Crippen molar-refractivity contribution in [2.75, 3.05) is 0 Å². The zero-order chi connectivity index (χ0) is 16.6. The standard InChI is InChI=1S/C23H20N/c1-2-23(24,21-15-7-11-17-9-3-5-13-19(17)21)22-16-8-12-18-10-4-6-14-20(18)22/h3-16H,1-2,24H2. The SMILES string of the molecule is [CH2]CC(N)(c1cccc2ccccc12)c1cccc2ccccc12. The zero-order valence-corrected chi connectivity index (χ0v) is 13.6. The first-order valence-corrected chi connectivity index (χ1v) is 8.28. The average Bonchev–Trinajstić information content (AvgIpc) is 2.66. The van der Waals surface area contributed by atoms with E-state index in [1.165, 1.54) is 21.5 Å². The summed E-state index contributed by atoms with van der Waals surface area (Å²) in [5, 5.41) is 4.80. The molecule has 4 rings (SSSR count). The third kappa shape index (κ3) is 2.21. The van der Waals surface area contributed by atoms with E-state index in [9.17, 15) is 0 Å². The minimum atomic E-state index is -0.623. The van der Waals surface area contributed by atoms with Crippen LogP contribution in [0.5, 0.6) is 0 Å². The molecule has 0 heterocycles. The third-order valence-electron chi connectivity index (χ3n) is 4.93. The van der Waals surface area contributed by atoms with E-state index in [0.29, 0.717) is 6.42 Å². The van der Waals surface area contributed by atoms with Crippen molar-refractivity contribution in [3.05, 3.63) is 103 Å². The van der Waals surface area contributed by atoms with Gasteiger partial charge in [0.2, 0.25) is 0 Å². The summed E-state index contributed by atoms with van der Waals surface area (Å²) >= 11 is 0. The summed E-state index contributed by atoms with van der Waals surface area (Å²) in [6, 6.07) is 29.5. The lowest BCUT2D eigenvalue weighted by Crippen LogP contribution is -2.37. The monoisotopic (exact) mass is 310 g/mol. The largest absolute Gasteiger partial charge is 0.318 e. The Morgan fingerprint density at radius 3 is 1.50 bits per heavy atom. The maximum Gasteiger partial charge on any atom is 0.0677 e. The van der Waals surface area contributed by atoms with E-state index in [0.717, 1.165) is 11.1 Å². The average molecular weight is 310 g/mol. The zero-order valence-electron chi connectivity index (χ0n) is 13.6. The number of hydrogen-bond acceptors (Lipinski definition) is 1. The van der Waals surface area contributed by atoms with Crippen LogP contribution in [-0.4, -0.2) is 0 Å². The number of nitrogens with two attached hydrogens (primary N) is 1. The van der Waals surface area contributed by atoms with Crippen LogP contribution < -0.4 is 5.73 Å². The van der Waals surface area contributed by atoms with Crippen LogP contribution in [0.2, 0.25) is 0 Å². The van der Waals surface area contributed by atoms with Crippen molar-refractivity contribution in [2.24, 2.45) is 5.73 Å². The quantitative estimate of drug-likeness (QED) is 0.537. The predicted octanol–water partition coefficient (Wildman–Crippen LogP) is 5.42. The van der Waals surface area contributed by atoms with E-state index >= 15 is 0 Å². The lowest BCUT2D eigenvalue weighted by molar-refractivity contribution is 0.555. The summed E-state index contributed by atoms with van der Waals surface area (Å²) in [7, 11) is 0. The van der Waals surface area contributed by atoms with Gasteiger partial charge in [-0.15, -0.1) is 0 Å². The molecule has 0 saturated carbocycles. The van der Waals surface area contributed by atoms with Crippen LogP contribution in [0.1, 0.15) is 17.5 Å². The lowest BCUT2D eigenvalue weighted by Gasteiger charge is -2.32. The van der Waals surface area contributed by atoms with Crippen LogP contribution in [0.3, 0.4) is 0 Å². The Balaban J connectivity index is 2.05. The molecule has 2 N–H and O–H groups in total. The van der Waals surface area contributed by atoms with Crippen LogP contribution >= 0.6 is 0 Å². The Kier molecular flexibility index (Phi) is 3.59. The van der Waals surface area contributed by atoms with Crippen molar-refractivity contribution in [3.8, 4) is 0 Å². The number of fused-ring (bicyclic) bond motifs is 2. The fourth-order valence-corrected chi connectivity index (χ4v) is 3.64. The first kappa shape index (κ1) is 14.9. The Morgan fingerprint density at radius 1 is 0.625 bits per heavy atom. The molecule has 4 aromatic carbocycles. The van der Waals surface area contributed by atoms with Crippen LogP contribution in [0.15, 0.2) is 84.9 Å². The minimum absolute atomic E-state index is 0.592. The van der Waals surface area contributed by atoms with Gasteiger partial charge in [-0.1, -0.05) is 91.9 Å². The van der Waals surface area contributed by atoms with Crippen LogP contribution in [0.4, 0.5) is 0 Å². The molecule has 0 bridgehead atoms. The van der Waals surface area contributed by atoms with Crippen LogP contribution in [0, 0.1) is 6.92 Å². The van der Waals surface area contributed by atoms with Crippen molar-refractivity contribution in [2.45, 2.75) is 12.0 Å². The van der Waals surface area contributed by atoms with Crippen molar-refractivity contribution in [1.29, 1.82) is 0 Å². The highest BCUT2D eigenvalue weighted by molar-refractivity contribution is 5.91. The highest BCUT2D eigenvalue weighted by Gasteiger charge is 2.30. The van der Waals surface area contributed by atoms with Crippen molar-refractivity contribution in [1.82, 2.24) is 0 Å². The fourth-order valence-electron chi connectivity index (χ4n) is 3.64. The minimum Gasteiger partial charge on any atom is -0.318 e. The summed E-state index contributed by atoms with van der Waals surface area (Å²) in [4.78, 5) is 0. The van der Waals surface area contributed by atoms with Gasteiger partial charge in [-0.05, 0) is 39.1 Å². The summed E-state index contributed by atoms with van der Waals surface area (Å²) < 4.78 is 0. The first-order chi connectivity index (χ1) is 11.7. The van der Waals surface area contributed by atoms with E-state index in [1.807, 2.05) is 0 Å². The highest BCUT2D eigenvalue weighted by Crippen LogP contribution is 2.38. The molecular formula is C23H20N. The molecular weight excluding hydrogens is 290 g/mol. The number of rotatable bonds is 3. The van der Waals surface area contributed by atoms with Gasteiger partial charge in [0.15, 0.2) is 0 Å². The van der Waals surface area contributed by atoms with E-state index < -0.39 is 5.54 Å². The molecule has 24 heavy (non-hydrogen) atoms. The summed E-state index contributed by atoms with van der Waals surface area (Å²) in [6.07, 6.45) is 0.592. The van der Waals surface area contributed by atoms with Crippen molar-refractivity contribution >= 4 is 21.5 Å². The van der Waals surface area contributed by atoms with Crippen LogP contribution in [-0.2, 0) is 5.54 Å². The lowest BCUT2D eigenvalue weighted by atomic mass is 9.77. The molecule has 0 unspecified atom stereocenters.